The van der Waals surface area contributed by atoms with Crippen molar-refractivity contribution in [1.82, 2.24) is 15.1 Å². The zero-order chi connectivity index (χ0) is 15.3. The average Bonchev–Trinajstić information content (AvgIpc) is 2.95. The van der Waals surface area contributed by atoms with Crippen LogP contribution in [-0.2, 0) is 6.54 Å². The normalized spacial score (nSPS) is 26.4. The van der Waals surface area contributed by atoms with E-state index in [1.807, 2.05) is 0 Å². The zero-order valence-electron chi connectivity index (χ0n) is 13.7. The van der Waals surface area contributed by atoms with Gasteiger partial charge >= 0.3 is 0 Å². The maximum atomic E-state index is 6.28. The van der Waals surface area contributed by atoms with Gasteiger partial charge in [-0.3, -0.25) is 4.68 Å². The molecule has 2 rings (SSSR count). The molecule has 1 aliphatic rings. The molecule has 0 aromatic carbocycles. The maximum Gasteiger partial charge on any atom is 0.0762 e. The molecule has 1 saturated carbocycles. The molecule has 120 valence electrons. The van der Waals surface area contributed by atoms with Crippen LogP contribution in [0, 0.1) is 5.92 Å². The summed E-state index contributed by atoms with van der Waals surface area (Å²) in [4.78, 5) is 0. The van der Waals surface area contributed by atoms with Crippen LogP contribution in [0.3, 0.4) is 0 Å². The largest absolute Gasteiger partial charge is 0.304 e. The first-order valence-electron chi connectivity index (χ1n) is 8.47. The molecule has 0 saturated heterocycles. The minimum atomic E-state index is 0.109. The van der Waals surface area contributed by atoms with Gasteiger partial charge in [-0.2, -0.15) is 5.10 Å². The molecule has 0 bridgehead atoms. The van der Waals surface area contributed by atoms with Gasteiger partial charge in [-0.15, -0.1) is 11.6 Å². The molecule has 0 amide bonds. The van der Waals surface area contributed by atoms with Crippen LogP contribution in [0.1, 0.15) is 71.0 Å². The van der Waals surface area contributed by atoms with E-state index >= 15 is 0 Å². The Hall–Kier alpha value is -0.540. The quantitative estimate of drug-likeness (QED) is 0.750. The van der Waals surface area contributed by atoms with Gasteiger partial charge in [0.1, 0.15) is 0 Å². The van der Waals surface area contributed by atoms with Crippen molar-refractivity contribution in [2.24, 2.45) is 5.92 Å². The van der Waals surface area contributed by atoms with E-state index < -0.39 is 0 Å². The van der Waals surface area contributed by atoms with E-state index in [4.69, 9.17) is 16.7 Å². The molecule has 0 radical (unpaired) electrons. The lowest BCUT2D eigenvalue weighted by Gasteiger charge is -2.39. The van der Waals surface area contributed by atoms with Crippen LogP contribution in [0.4, 0.5) is 0 Å². The van der Waals surface area contributed by atoms with E-state index in [9.17, 15) is 0 Å². The molecule has 4 heteroatoms. The van der Waals surface area contributed by atoms with Gasteiger partial charge in [0.15, 0.2) is 0 Å². The number of nitrogens with zero attached hydrogens (tertiary/aromatic N) is 2. The molecule has 2 atom stereocenters. The van der Waals surface area contributed by atoms with E-state index in [0.717, 1.165) is 31.0 Å². The van der Waals surface area contributed by atoms with Crippen LogP contribution >= 0.6 is 11.6 Å². The molecule has 3 nitrogen and oxygen atoms in total. The number of nitrogens with one attached hydrogen (secondary N) is 1. The fourth-order valence-electron chi connectivity index (χ4n) is 3.61. The summed E-state index contributed by atoms with van der Waals surface area (Å²) in [7, 11) is 0. The predicted molar refractivity (Wildman–Crippen MR) is 89.8 cm³/mol. The van der Waals surface area contributed by atoms with E-state index in [1.54, 1.807) is 0 Å². The molecule has 21 heavy (non-hydrogen) atoms. The van der Waals surface area contributed by atoms with Crippen molar-refractivity contribution in [3.05, 3.63) is 18.0 Å². The van der Waals surface area contributed by atoms with Crippen molar-refractivity contribution in [3.8, 4) is 0 Å². The van der Waals surface area contributed by atoms with Gasteiger partial charge in [-0.05, 0) is 37.7 Å². The van der Waals surface area contributed by atoms with Crippen molar-refractivity contribution in [1.29, 1.82) is 0 Å². The first kappa shape index (κ1) is 16.8. The van der Waals surface area contributed by atoms with E-state index in [0.29, 0.717) is 11.9 Å². The van der Waals surface area contributed by atoms with Gasteiger partial charge < -0.3 is 5.32 Å². The molecule has 1 N–H and O–H groups in total. The average molecular weight is 312 g/mol. The van der Waals surface area contributed by atoms with Crippen LogP contribution in [0.25, 0.3) is 0 Å². The summed E-state index contributed by atoms with van der Waals surface area (Å²) < 4.78 is 2.12. The minimum absolute atomic E-state index is 0.109. The number of hydrogen-bond donors (Lipinski definition) is 1. The van der Waals surface area contributed by atoms with E-state index in [-0.39, 0.29) is 5.54 Å². The Labute approximate surface area is 134 Å². The monoisotopic (exact) mass is 311 g/mol. The second kappa shape index (κ2) is 7.64. The summed E-state index contributed by atoms with van der Waals surface area (Å²) in [5.41, 5.74) is 1.24. The standard InChI is InChI=1S/C17H30ClN3/c1-4-16(5-2)21-10-8-15(20-21)12-19-17(13-18)9-6-7-14(3)11-17/h8,10,14,16,19H,4-7,9,11-13H2,1-3H3. The highest BCUT2D eigenvalue weighted by Gasteiger charge is 2.33. The number of hydrogen-bond acceptors (Lipinski definition) is 2. The summed E-state index contributed by atoms with van der Waals surface area (Å²) >= 11 is 6.28. The molecule has 1 aromatic rings. The van der Waals surface area contributed by atoms with Crippen molar-refractivity contribution < 1.29 is 0 Å². The van der Waals surface area contributed by atoms with Crippen LogP contribution in [0.15, 0.2) is 12.3 Å². The molecule has 1 heterocycles. The van der Waals surface area contributed by atoms with Crippen LogP contribution in [0.2, 0.25) is 0 Å². The Morgan fingerprint density at radius 2 is 2.24 bits per heavy atom. The second-order valence-electron chi connectivity index (χ2n) is 6.73. The third-order valence-electron chi connectivity index (χ3n) is 4.97. The van der Waals surface area contributed by atoms with Crippen LogP contribution in [-0.4, -0.2) is 21.2 Å². The SMILES string of the molecule is CCC(CC)n1ccc(CNC2(CCl)CCCC(C)C2)n1. The highest BCUT2D eigenvalue weighted by molar-refractivity contribution is 6.18. The third kappa shape index (κ3) is 4.23. The second-order valence-corrected chi connectivity index (χ2v) is 6.99. The van der Waals surface area contributed by atoms with Crippen LogP contribution < -0.4 is 5.32 Å². The lowest BCUT2D eigenvalue weighted by Crippen LogP contribution is -2.49. The Kier molecular flexibility index (Phi) is 6.12. The Morgan fingerprint density at radius 1 is 1.48 bits per heavy atom. The van der Waals surface area contributed by atoms with E-state index in [2.05, 4.69) is 43.0 Å². The molecule has 0 aliphatic heterocycles. The molecule has 1 aromatic heterocycles. The molecule has 1 aliphatic carbocycles. The summed E-state index contributed by atoms with van der Waals surface area (Å²) in [5.74, 6) is 1.47. The van der Waals surface area contributed by atoms with Gasteiger partial charge in [0, 0.05) is 24.2 Å². The van der Waals surface area contributed by atoms with Gasteiger partial charge in [-0.25, -0.2) is 0 Å². The summed E-state index contributed by atoms with van der Waals surface area (Å²) in [6.45, 7) is 7.61. The van der Waals surface area contributed by atoms with Gasteiger partial charge in [0.05, 0.1) is 11.7 Å². The van der Waals surface area contributed by atoms with Gasteiger partial charge in [0.25, 0.3) is 0 Å². The van der Waals surface area contributed by atoms with Crippen molar-refractivity contribution in [3.63, 3.8) is 0 Å². The third-order valence-corrected chi connectivity index (χ3v) is 5.48. The fourth-order valence-corrected chi connectivity index (χ4v) is 3.94. The van der Waals surface area contributed by atoms with E-state index in [1.165, 1.54) is 25.7 Å². The molecular weight excluding hydrogens is 282 g/mol. The highest BCUT2D eigenvalue weighted by Crippen LogP contribution is 2.33. The fraction of sp³-hybridized carbons (Fsp3) is 0.824. The summed E-state index contributed by atoms with van der Waals surface area (Å²) in [6, 6.07) is 2.66. The number of rotatable bonds is 7. The lowest BCUT2D eigenvalue weighted by molar-refractivity contribution is 0.206. The minimum Gasteiger partial charge on any atom is -0.304 e. The molecule has 1 fully saturated rings. The topological polar surface area (TPSA) is 29.9 Å². The molecule has 2 unspecified atom stereocenters. The Balaban J connectivity index is 1.95. The smallest absolute Gasteiger partial charge is 0.0762 e. The summed E-state index contributed by atoms with van der Waals surface area (Å²) in [6.07, 6.45) is 9.37. The lowest BCUT2D eigenvalue weighted by atomic mass is 9.77. The number of halogens is 1. The van der Waals surface area contributed by atoms with Crippen LogP contribution in [0.5, 0.6) is 0 Å². The predicted octanol–water partition coefficient (Wildman–Crippen LogP) is 4.52. The first-order chi connectivity index (χ1) is 10.1. The maximum absolute atomic E-state index is 6.28. The van der Waals surface area contributed by atoms with Crippen molar-refractivity contribution in [2.45, 2.75) is 77.4 Å². The zero-order valence-corrected chi connectivity index (χ0v) is 14.5. The van der Waals surface area contributed by atoms with Crippen molar-refractivity contribution >= 4 is 11.6 Å². The highest BCUT2D eigenvalue weighted by atomic mass is 35.5. The van der Waals surface area contributed by atoms with Crippen molar-refractivity contribution in [2.75, 3.05) is 5.88 Å². The Bertz CT molecular complexity index is 427. The van der Waals surface area contributed by atoms with Gasteiger partial charge in [-0.1, -0.05) is 33.6 Å². The summed E-state index contributed by atoms with van der Waals surface area (Å²) in [5, 5.41) is 8.44. The Morgan fingerprint density at radius 3 is 2.86 bits per heavy atom. The first-order valence-corrected chi connectivity index (χ1v) is 9.01. The molecular formula is C17H30ClN3. The number of aromatic nitrogens is 2. The number of alkyl halides is 1. The molecule has 0 spiro atoms. The van der Waals surface area contributed by atoms with Gasteiger partial charge in [0.2, 0.25) is 0 Å².